The highest BCUT2D eigenvalue weighted by Gasteiger charge is 2.48. The first-order chi connectivity index (χ1) is 12.0. The lowest BCUT2D eigenvalue weighted by Crippen LogP contribution is -2.20. The highest BCUT2D eigenvalue weighted by molar-refractivity contribution is 6.31. The zero-order valence-electron chi connectivity index (χ0n) is 13.4. The van der Waals surface area contributed by atoms with E-state index >= 15 is 0 Å². The van der Waals surface area contributed by atoms with Crippen molar-refractivity contribution in [3.05, 3.63) is 53.3 Å². The summed E-state index contributed by atoms with van der Waals surface area (Å²) in [5.74, 6) is -1.23. The molecule has 2 aromatic rings. The second-order valence-corrected chi connectivity index (χ2v) is 6.22. The van der Waals surface area contributed by atoms with E-state index in [9.17, 15) is 14.0 Å². The van der Waals surface area contributed by atoms with Crippen molar-refractivity contribution in [2.45, 2.75) is 6.42 Å². The van der Waals surface area contributed by atoms with Gasteiger partial charge >= 0.3 is 0 Å². The van der Waals surface area contributed by atoms with Crippen molar-refractivity contribution in [2.24, 2.45) is 11.8 Å². The van der Waals surface area contributed by atoms with E-state index in [4.69, 9.17) is 16.3 Å². The Morgan fingerprint density at radius 3 is 2.36 bits per heavy atom. The highest BCUT2D eigenvalue weighted by atomic mass is 35.5. The first-order valence-corrected chi connectivity index (χ1v) is 8.06. The number of ether oxygens (including phenoxy) is 1. The van der Waals surface area contributed by atoms with Gasteiger partial charge in [0.25, 0.3) is 0 Å². The smallest absolute Gasteiger partial charge is 0.228 e. The summed E-state index contributed by atoms with van der Waals surface area (Å²) < 4.78 is 18.1. The molecule has 7 heteroatoms. The van der Waals surface area contributed by atoms with Crippen molar-refractivity contribution in [1.82, 2.24) is 0 Å². The molecule has 0 spiro atoms. The number of amides is 2. The molecule has 0 saturated heterocycles. The minimum absolute atomic E-state index is 0.259. The summed E-state index contributed by atoms with van der Waals surface area (Å²) in [5, 5.41) is 5.89. The molecule has 0 aromatic heterocycles. The molecule has 0 heterocycles. The van der Waals surface area contributed by atoms with Crippen molar-refractivity contribution >= 4 is 34.8 Å². The second-order valence-electron chi connectivity index (χ2n) is 5.78. The predicted octanol–water partition coefficient (Wildman–Crippen LogP) is 3.70. The molecule has 0 aliphatic heterocycles. The standard InChI is InChI=1S/C18H16ClFN2O3/c1-25-16-7-2-10(19)8-15(16)22-18(24)14-9-13(14)17(23)21-12-5-3-11(20)4-6-12/h2-8,13-14H,9H2,1H3,(H,21,23)(H,22,24). The molecule has 25 heavy (non-hydrogen) atoms. The summed E-state index contributed by atoms with van der Waals surface area (Å²) in [6, 6.07) is 10.4. The van der Waals surface area contributed by atoms with Gasteiger partial charge in [0.2, 0.25) is 11.8 Å². The van der Waals surface area contributed by atoms with Crippen LogP contribution >= 0.6 is 11.6 Å². The summed E-state index contributed by atoms with van der Waals surface area (Å²) in [6.45, 7) is 0. The van der Waals surface area contributed by atoms with Gasteiger partial charge in [-0.1, -0.05) is 11.6 Å². The topological polar surface area (TPSA) is 67.4 Å². The molecular weight excluding hydrogens is 347 g/mol. The van der Waals surface area contributed by atoms with E-state index < -0.39 is 11.8 Å². The number of halogens is 2. The Hall–Kier alpha value is -2.60. The van der Waals surface area contributed by atoms with Gasteiger partial charge in [-0.25, -0.2) is 4.39 Å². The number of rotatable bonds is 5. The summed E-state index contributed by atoms with van der Waals surface area (Å²) >= 11 is 5.94. The largest absolute Gasteiger partial charge is 0.495 e. The van der Waals surface area contributed by atoms with E-state index in [0.717, 1.165) is 0 Å². The molecule has 2 amide bonds. The van der Waals surface area contributed by atoms with Crippen LogP contribution in [0.15, 0.2) is 42.5 Å². The van der Waals surface area contributed by atoms with Crippen LogP contribution in [0.4, 0.5) is 15.8 Å². The third-order valence-corrected chi connectivity index (χ3v) is 4.23. The van der Waals surface area contributed by atoms with Crippen molar-refractivity contribution in [3.8, 4) is 5.75 Å². The Bertz CT molecular complexity index is 810. The van der Waals surface area contributed by atoms with Crippen LogP contribution in [0.1, 0.15) is 6.42 Å². The van der Waals surface area contributed by atoms with Crippen molar-refractivity contribution in [2.75, 3.05) is 17.7 Å². The minimum Gasteiger partial charge on any atom is -0.495 e. The fraction of sp³-hybridized carbons (Fsp3) is 0.222. The Balaban J connectivity index is 1.59. The fourth-order valence-electron chi connectivity index (χ4n) is 2.55. The third kappa shape index (κ3) is 4.09. The van der Waals surface area contributed by atoms with Gasteiger partial charge in [0.15, 0.2) is 0 Å². The van der Waals surface area contributed by atoms with Gasteiger partial charge in [-0.3, -0.25) is 9.59 Å². The zero-order valence-corrected chi connectivity index (χ0v) is 14.1. The van der Waals surface area contributed by atoms with Gasteiger partial charge in [0.1, 0.15) is 11.6 Å². The van der Waals surface area contributed by atoms with Gasteiger partial charge in [0.05, 0.1) is 24.6 Å². The van der Waals surface area contributed by atoms with Gasteiger partial charge in [0, 0.05) is 10.7 Å². The van der Waals surface area contributed by atoms with Crippen LogP contribution in [0.3, 0.4) is 0 Å². The number of carbonyl (C=O) groups excluding carboxylic acids is 2. The SMILES string of the molecule is COc1ccc(Cl)cc1NC(=O)C1CC1C(=O)Nc1ccc(F)cc1. The van der Waals surface area contributed by atoms with E-state index in [1.54, 1.807) is 18.2 Å². The van der Waals surface area contributed by atoms with Crippen LogP contribution in [-0.4, -0.2) is 18.9 Å². The highest BCUT2D eigenvalue weighted by Crippen LogP contribution is 2.41. The Labute approximate surface area is 149 Å². The Morgan fingerprint density at radius 1 is 1.08 bits per heavy atom. The summed E-state index contributed by atoms with van der Waals surface area (Å²) in [7, 11) is 1.50. The van der Waals surface area contributed by atoms with Crippen molar-refractivity contribution in [1.29, 1.82) is 0 Å². The summed E-state index contributed by atoms with van der Waals surface area (Å²) in [4.78, 5) is 24.5. The van der Waals surface area contributed by atoms with Crippen molar-refractivity contribution < 1.29 is 18.7 Å². The van der Waals surface area contributed by atoms with E-state index in [1.165, 1.54) is 31.4 Å². The zero-order chi connectivity index (χ0) is 18.0. The number of carbonyl (C=O) groups is 2. The molecule has 0 bridgehead atoms. The number of nitrogens with one attached hydrogen (secondary N) is 2. The Morgan fingerprint density at radius 2 is 1.72 bits per heavy atom. The lowest BCUT2D eigenvalue weighted by molar-refractivity contribution is -0.122. The van der Waals surface area contributed by atoms with E-state index in [-0.39, 0.29) is 17.6 Å². The average molecular weight is 363 g/mol. The van der Waals surface area contributed by atoms with Crippen LogP contribution < -0.4 is 15.4 Å². The first-order valence-electron chi connectivity index (χ1n) is 7.69. The molecule has 1 aliphatic rings. The number of anilines is 2. The number of methoxy groups -OCH3 is 1. The predicted molar refractivity (Wildman–Crippen MR) is 93.3 cm³/mol. The van der Waals surface area contributed by atoms with Crippen LogP contribution in [0.5, 0.6) is 5.75 Å². The minimum atomic E-state index is -0.413. The molecule has 1 aliphatic carbocycles. The molecule has 2 aromatic carbocycles. The lowest BCUT2D eigenvalue weighted by atomic mass is 10.2. The van der Waals surface area contributed by atoms with Gasteiger partial charge in [-0.05, 0) is 48.9 Å². The van der Waals surface area contributed by atoms with E-state index in [1.807, 2.05) is 0 Å². The quantitative estimate of drug-likeness (QED) is 0.852. The number of hydrogen-bond acceptors (Lipinski definition) is 3. The monoisotopic (exact) mass is 362 g/mol. The molecule has 130 valence electrons. The maximum atomic E-state index is 12.9. The lowest BCUT2D eigenvalue weighted by Gasteiger charge is -2.10. The summed E-state index contributed by atoms with van der Waals surface area (Å²) in [6.07, 6.45) is 0.460. The number of benzene rings is 2. The second kappa shape index (κ2) is 7.11. The third-order valence-electron chi connectivity index (χ3n) is 4.00. The van der Waals surface area contributed by atoms with Crippen molar-refractivity contribution in [3.63, 3.8) is 0 Å². The maximum absolute atomic E-state index is 12.9. The summed E-state index contributed by atoms with van der Waals surface area (Å²) in [5.41, 5.74) is 0.957. The Kier molecular flexibility index (Phi) is 4.90. The molecule has 1 fully saturated rings. The van der Waals surface area contributed by atoms with Crippen LogP contribution in [-0.2, 0) is 9.59 Å². The maximum Gasteiger partial charge on any atom is 0.228 e. The average Bonchev–Trinajstić information content (AvgIpc) is 3.38. The first kappa shape index (κ1) is 17.2. The molecule has 1 saturated carbocycles. The van der Waals surface area contributed by atoms with Gasteiger partial charge in [-0.2, -0.15) is 0 Å². The number of hydrogen-bond donors (Lipinski definition) is 2. The fourth-order valence-corrected chi connectivity index (χ4v) is 2.72. The molecule has 5 nitrogen and oxygen atoms in total. The van der Waals surface area contributed by atoms with Crippen LogP contribution in [0, 0.1) is 17.7 Å². The molecule has 2 unspecified atom stereocenters. The van der Waals surface area contributed by atoms with Gasteiger partial charge in [-0.15, -0.1) is 0 Å². The normalized spacial score (nSPS) is 18.4. The van der Waals surface area contributed by atoms with Crippen LogP contribution in [0.2, 0.25) is 5.02 Å². The molecule has 0 radical (unpaired) electrons. The van der Waals surface area contributed by atoms with E-state index in [2.05, 4.69) is 10.6 Å². The van der Waals surface area contributed by atoms with Crippen LogP contribution in [0.25, 0.3) is 0 Å². The molecule has 2 atom stereocenters. The molecule has 3 rings (SSSR count). The molecule has 2 N–H and O–H groups in total. The molecular formula is C18H16ClFN2O3. The van der Waals surface area contributed by atoms with E-state index in [0.29, 0.717) is 28.6 Å². The van der Waals surface area contributed by atoms with Gasteiger partial charge < -0.3 is 15.4 Å².